The fourth-order valence-electron chi connectivity index (χ4n) is 2.26. The molecule has 0 saturated carbocycles. The normalized spacial score (nSPS) is 10.6. The zero-order valence-corrected chi connectivity index (χ0v) is 13.0. The number of nitrogens with zero attached hydrogens (tertiary/aromatic N) is 1. The van der Waals surface area contributed by atoms with E-state index in [-0.39, 0.29) is 12.4 Å². The second-order valence-electron chi connectivity index (χ2n) is 4.75. The van der Waals surface area contributed by atoms with Crippen LogP contribution in [0, 0.1) is 0 Å². The van der Waals surface area contributed by atoms with Crippen molar-refractivity contribution in [1.82, 2.24) is 4.98 Å². The average molecular weight is 313 g/mol. The lowest BCUT2D eigenvalue weighted by atomic mass is 10.1. The first-order valence-electron chi connectivity index (χ1n) is 6.73. The average Bonchev–Trinajstić information content (AvgIpc) is 2.53. The Morgan fingerprint density at radius 2 is 1.77 bits per heavy atom. The van der Waals surface area contributed by atoms with Crippen LogP contribution in [0.2, 0.25) is 0 Å². The highest BCUT2D eigenvalue weighted by molar-refractivity contribution is 5.92. The van der Waals surface area contributed by atoms with Crippen molar-refractivity contribution in [2.45, 2.75) is 0 Å². The molecule has 1 aromatic heterocycles. The van der Waals surface area contributed by atoms with Gasteiger partial charge < -0.3 is 10.5 Å². The van der Waals surface area contributed by atoms with Crippen LogP contribution in [0.3, 0.4) is 0 Å². The van der Waals surface area contributed by atoms with Gasteiger partial charge in [-0.1, -0.05) is 30.4 Å². The molecule has 0 saturated heterocycles. The molecule has 3 nitrogen and oxygen atoms in total. The molecule has 0 spiro atoms. The maximum atomic E-state index is 5.96. The molecule has 2 N–H and O–H groups in total. The molecular weight excluding hydrogens is 296 g/mol. The Bertz CT molecular complexity index is 815. The van der Waals surface area contributed by atoms with Gasteiger partial charge in [-0.25, -0.2) is 0 Å². The number of benzene rings is 2. The summed E-state index contributed by atoms with van der Waals surface area (Å²) in [5.74, 6) is 0.823. The zero-order chi connectivity index (χ0) is 14.7. The van der Waals surface area contributed by atoms with Crippen molar-refractivity contribution in [2.24, 2.45) is 0 Å². The monoisotopic (exact) mass is 312 g/mol. The van der Waals surface area contributed by atoms with Gasteiger partial charge in [-0.2, -0.15) is 0 Å². The number of ether oxygens (including phenoxy) is 1. The van der Waals surface area contributed by atoms with Crippen LogP contribution in [0.4, 0.5) is 5.69 Å². The summed E-state index contributed by atoms with van der Waals surface area (Å²) < 4.78 is 5.29. The highest BCUT2D eigenvalue weighted by Crippen LogP contribution is 2.24. The van der Waals surface area contributed by atoms with Crippen LogP contribution in [0.1, 0.15) is 11.1 Å². The number of para-hydroxylation sites is 1. The number of anilines is 1. The summed E-state index contributed by atoms with van der Waals surface area (Å²) >= 11 is 0. The van der Waals surface area contributed by atoms with E-state index in [4.69, 9.17) is 10.5 Å². The third-order valence-corrected chi connectivity index (χ3v) is 3.42. The van der Waals surface area contributed by atoms with Gasteiger partial charge in [0.15, 0.2) is 0 Å². The van der Waals surface area contributed by atoms with E-state index in [9.17, 15) is 0 Å². The SMILES string of the molecule is COc1ccc2nccc(C=Cc3ccccc3N)c2c1.Cl. The largest absolute Gasteiger partial charge is 0.497 e. The molecule has 0 atom stereocenters. The van der Waals surface area contributed by atoms with E-state index in [0.717, 1.165) is 33.5 Å². The molecule has 1 heterocycles. The van der Waals surface area contributed by atoms with Gasteiger partial charge in [0.2, 0.25) is 0 Å². The van der Waals surface area contributed by atoms with E-state index in [1.54, 1.807) is 7.11 Å². The van der Waals surface area contributed by atoms with Gasteiger partial charge in [-0.3, -0.25) is 4.98 Å². The molecule has 22 heavy (non-hydrogen) atoms. The van der Waals surface area contributed by atoms with Crippen molar-refractivity contribution in [3.63, 3.8) is 0 Å². The van der Waals surface area contributed by atoms with Gasteiger partial charge in [0, 0.05) is 17.3 Å². The topological polar surface area (TPSA) is 48.1 Å². The number of hydrogen-bond acceptors (Lipinski definition) is 3. The fourth-order valence-corrected chi connectivity index (χ4v) is 2.26. The van der Waals surface area contributed by atoms with Gasteiger partial charge in [-0.05, 0) is 41.5 Å². The zero-order valence-electron chi connectivity index (χ0n) is 12.2. The number of methoxy groups -OCH3 is 1. The van der Waals surface area contributed by atoms with Gasteiger partial charge in [0.1, 0.15) is 5.75 Å². The van der Waals surface area contributed by atoms with Crippen molar-refractivity contribution in [3.8, 4) is 5.75 Å². The van der Waals surface area contributed by atoms with E-state index in [2.05, 4.69) is 11.1 Å². The van der Waals surface area contributed by atoms with E-state index < -0.39 is 0 Å². The minimum atomic E-state index is 0. The Morgan fingerprint density at radius 3 is 2.55 bits per heavy atom. The first-order chi connectivity index (χ1) is 10.3. The first kappa shape index (κ1) is 15.9. The predicted molar refractivity (Wildman–Crippen MR) is 95.3 cm³/mol. The number of nitrogens with two attached hydrogens (primary N) is 1. The minimum Gasteiger partial charge on any atom is -0.497 e. The summed E-state index contributed by atoms with van der Waals surface area (Å²) in [6.45, 7) is 0. The second-order valence-corrected chi connectivity index (χ2v) is 4.75. The van der Waals surface area contributed by atoms with E-state index in [1.807, 2.05) is 60.8 Å². The number of aromatic nitrogens is 1. The van der Waals surface area contributed by atoms with Crippen molar-refractivity contribution >= 4 is 41.1 Å². The molecule has 112 valence electrons. The smallest absolute Gasteiger partial charge is 0.119 e. The Labute approximate surface area is 135 Å². The molecule has 3 rings (SSSR count). The third-order valence-electron chi connectivity index (χ3n) is 3.42. The number of hydrogen-bond donors (Lipinski definition) is 1. The summed E-state index contributed by atoms with van der Waals surface area (Å²) in [5, 5.41) is 1.06. The number of nitrogen functional groups attached to an aromatic ring is 1. The Hall–Kier alpha value is -2.52. The van der Waals surface area contributed by atoms with Gasteiger partial charge in [-0.15, -0.1) is 12.4 Å². The van der Waals surface area contributed by atoms with Crippen molar-refractivity contribution in [2.75, 3.05) is 12.8 Å². The summed E-state index contributed by atoms with van der Waals surface area (Å²) in [5.41, 5.74) is 9.76. The maximum Gasteiger partial charge on any atom is 0.119 e. The molecule has 3 aromatic rings. The van der Waals surface area contributed by atoms with E-state index in [1.165, 1.54) is 0 Å². The Morgan fingerprint density at radius 1 is 1.00 bits per heavy atom. The lowest BCUT2D eigenvalue weighted by Crippen LogP contribution is -1.88. The van der Waals surface area contributed by atoms with Crippen LogP contribution < -0.4 is 10.5 Å². The highest BCUT2D eigenvalue weighted by atomic mass is 35.5. The molecule has 0 unspecified atom stereocenters. The van der Waals surface area contributed by atoms with Gasteiger partial charge in [0.05, 0.1) is 12.6 Å². The molecule has 0 aliphatic rings. The number of rotatable bonds is 3. The number of pyridine rings is 1. The molecule has 4 heteroatoms. The quantitative estimate of drug-likeness (QED) is 0.728. The van der Waals surface area contributed by atoms with Crippen LogP contribution in [-0.2, 0) is 0 Å². The molecule has 0 aliphatic heterocycles. The minimum absolute atomic E-state index is 0. The molecule has 0 bridgehead atoms. The standard InChI is InChI=1S/C18H16N2O.ClH/c1-21-15-8-9-18-16(12-15)13(10-11-20-18)6-7-14-4-2-3-5-17(14)19;/h2-12H,19H2,1H3;1H. The molecule has 0 amide bonds. The summed E-state index contributed by atoms with van der Waals surface area (Å²) in [7, 11) is 1.66. The van der Waals surface area contributed by atoms with Crippen molar-refractivity contribution < 1.29 is 4.74 Å². The van der Waals surface area contributed by atoms with E-state index in [0.29, 0.717) is 0 Å². The number of fused-ring (bicyclic) bond motifs is 1. The fraction of sp³-hybridized carbons (Fsp3) is 0.0556. The Kier molecular flexibility index (Phi) is 5.02. The molecule has 0 aliphatic carbocycles. The van der Waals surface area contributed by atoms with Crippen LogP contribution in [0.25, 0.3) is 23.1 Å². The lowest BCUT2D eigenvalue weighted by molar-refractivity contribution is 0.415. The third kappa shape index (κ3) is 3.21. The van der Waals surface area contributed by atoms with Gasteiger partial charge in [0.25, 0.3) is 0 Å². The first-order valence-corrected chi connectivity index (χ1v) is 6.73. The number of halogens is 1. The summed E-state index contributed by atoms with van der Waals surface area (Å²) in [4.78, 5) is 4.38. The van der Waals surface area contributed by atoms with Crippen molar-refractivity contribution in [1.29, 1.82) is 0 Å². The molecular formula is C18H17ClN2O. The van der Waals surface area contributed by atoms with Gasteiger partial charge >= 0.3 is 0 Å². The summed E-state index contributed by atoms with van der Waals surface area (Å²) in [6.07, 6.45) is 5.88. The summed E-state index contributed by atoms with van der Waals surface area (Å²) in [6, 6.07) is 15.7. The second kappa shape index (κ2) is 6.96. The van der Waals surface area contributed by atoms with Crippen LogP contribution in [0.15, 0.2) is 54.7 Å². The molecule has 0 radical (unpaired) electrons. The van der Waals surface area contributed by atoms with E-state index >= 15 is 0 Å². The Balaban J connectivity index is 0.00000176. The van der Waals surface area contributed by atoms with Crippen LogP contribution >= 0.6 is 12.4 Å². The highest BCUT2D eigenvalue weighted by Gasteiger charge is 2.02. The van der Waals surface area contributed by atoms with Crippen molar-refractivity contribution in [3.05, 3.63) is 65.9 Å². The predicted octanol–water partition coefficient (Wildman–Crippen LogP) is 4.42. The molecule has 2 aromatic carbocycles. The molecule has 0 fully saturated rings. The van der Waals surface area contributed by atoms with Crippen LogP contribution in [0.5, 0.6) is 5.75 Å². The lowest BCUT2D eigenvalue weighted by Gasteiger charge is -2.05. The maximum absolute atomic E-state index is 5.96. The van der Waals surface area contributed by atoms with Crippen LogP contribution in [-0.4, -0.2) is 12.1 Å².